The van der Waals surface area contributed by atoms with Gasteiger partial charge < -0.3 is 0 Å². The minimum atomic E-state index is -5.87. The van der Waals surface area contributed by atoms with Crippen molar-refractivity contribution in [3.05, 3.63) is 139 Å². The molecule has 0 atom stereocenters. The summed E-state index contributed by atoms with van der Waals surface area (Å²) in [5, 5.41) is -11.4. The fourth-order valence-electron chi connectivity index (χ4n) is 6.03. The van der Waals surface area contributed by atoms with Gasteiger partial charge in [-0.1, -0.05) is 29.3 Å². The predicted molar refractivity (Wildman–Crippen MR) is 194 cm³/mol. The van der Waals surface area contributed by atoms with Crippen molar-refractivity contribution in [3.63, 3.8) is 0 Å². The van der Waals surface area contributed by atoms with E-state index >= 15 is 0 Å². The fourth-order valence-corrected chi connectivity index (χ4v) is 12.3. The number of rotatable bonds is 6. The van der Waals surface area contributed by atoms with Gasteiger partial charge in [-0.15, -0.1) is 0 Å². The SMILES string of the molecule is FC(F)(F)c1cc(P(c2cc(C(F)(F)F)cc(C(F)(F)F)c2)c2ccc(Cl)c(Cl)c2P(c2cc(C(F)(F)F)cc(C(F)(F)F)c2)c2cc(C(F)(F)F)cc(C(F)(F)F)c2)cc(C(F)(F)F)c1.[Ni+2]. The molecule has 366 valence electrons. The molecule has 0 aliphatic rings. The molecule has 0 unspecified atom stereocenters. The Morgan fingerprint density at radius 3 is 0.672 bits per heavy atom. The van der Waals surface area contributed by atoms with Gasteiger partial charge >= 0.3 is 65.9 Å². The molecule has 0 aliphatic heterocycles. The van der Waals surface area contributed by atoms with Crippen molar-refractivity contribution in [1.82, 2.24) is 0 Å². The van der Waals surface area contributed by atoms with Crippen molar-refractivity contribution in [2.45, 2.75) is 49.4 Å². The average molecular weight is 1120 g/mol. The van der Waals surface area contributed by atoms with Gasteiger partial charge in [0.2, 0.25) is 0 Å². The maximum Gasteiger partial charge on any atom is 2.00 e. The Labute approximate surface area is 380 Å². The minimum absolute atomic E-state index is 0. The van der Waals surface area contributed by atoms with E-state index in [2.05, 4.69) is 0 Å². The van der Waals surface area contributed by atoms with Crippen LogP contribution >= 0.6 is 39.0 Å². The molecular weight excluding hydrogens is 1100 g/mol. The average Bonchev–Trinajstić information content (AvgIpc) is 3.14. The van der Waals surface area contributed by atoms with E-state index in [1.54, 1.807) is 0 Å². The molecule has 29 heteroatoms. The largest absolute Gasteiger partial charge is 2.00 e. The Morgan fingerprint density at radius 2 is 0.478 bits per heavy atom. The van der Waals surface area contributed by atoms with E-state index in [0.29, 0.717) is 12.1 Å². The molecule has 0 saturated heterocycles. The van der Waals surface area contributed by atoms with Gasteiger partial charge in [-0.25, -0.2) is 0 Å². The molecule has 5 aromatic rings. The summed E-state index contributed by atoms with van der Waals surface area (Å²) in [6.07, 6.45) is -46.9. The first kappa shape index (κ1) is 55.9. The summed E-state index contributed by atoms with van der Waals surface area (Å²) >= 11 is 12.6. The third-order valence-corrected chi connectivity index (χ3v) is 14.8. The van der Waals surface area contributed by atoms with E-state index in [0.717, 1.165) is 0 Å². The Kier molecular flexibility index (Phi) is 15.5. The van der Waals surface area contributed by atoms with Crippen LogP contribution in [0.5, 0.6) is 0 Å². The van der Waals surface area contributed by atoms with Gasteiger partial charge in [-0.3, -0.25) is 0 Å². The fraction of sp³-hybridized carbons (Fsp3) is 0.211. The molecule has 67 heavy (non-hydrogen) atoms. The first-order chi connectivity index (χ1) is 29.6. The summed E-state index contributed by atoms with van der Waals surface area (Å²) < 4.78 is 343. The molecule has 0 amide bonds. The number of alkyl halides is 24. The standard InChI is InChI=1S/C38H14Cl2F24P2.Ni/c39-27-1-2-28(65(23-7-15(31(41,42)43)3-16(8-23)32(44,45)46)24-9-17(33(47,48)49)4-18(10-24)34(50,51)52)30(29(27)40)66(25-11-19(35(53,54)55)5-20(12-25)36(56,57)58)26-13-21(37(59,60)61)6-22(14-26)38(62,63)64;/h1-14H;/q;+2. The van der Waals surface area contributed by atoms with Gasteiger partial charge in [0.05, 0.1) is 54.6 Å². The van der Waals surface area contributed by atoms with E-state index < -0.39 is 176 Å². The Morgan fingerprint density at radius 1 is 0.284 bits per heavy atom. The zero-order chi connectivity index (χ0) is 50.3. The Bertz CT molecular complexity index is 2360. The van der Waals surface area contributed by atoms with Crippen LogP contribution in [0.2, 0.25) is 10.0 Å². The molecule has 0 nitrogen and oxygen atoms in total. The summed E-state index contributed by atoms with van der Waals surface area (Å²) in [6.45, 7) is 0. The number of benzene rings is 5. The molecule has 0 spiro atoms. The first-order valence-corrected chi connectivity index (χ1v) is 20.3. The number of hydrogen-bond donors (Lipinski definition) is 0. The van der Waals surface area contributed by atoms with Crippen LogP contribution in [0.15, 0.2) is 84.9 Å². The van der Waals surface area contributed by atoms with E-state index in [1.165, 1.54) is 0 Å². The van der Waals surface area contributed by atoms with Gasteiger partial charge in [0.25, 0.3) is 0 Å². The van der Waals surface area contributed by atoms with Crippen LogP contribution in [0.1, 0.15) is 44.5 Å². The quantitative estimate of drug-likeness (QED) is 0.0903. The van der Waals surface area contributed by atoms with Crippen LogP contribution in [0.3, 0.4) is 0 Å². The monoisotopic (exact) mass is 1120 g/mol. The van der Waals surface area contributed by atoms with E-state index in [4.69, 9.17) is 23.2 Å². The smallest absolute Gasteiger partial charge is 0.166 e. The van der Waals surface area contributed by atoms with Crippen molar-refractivity contribution < 1.29 is 122 Å². The molecule has 0 N–H and O–H groups in total. The van der Waals surface area contributed by atoms with Gasteiger partial charge in [0, 0.05) is 5.30 Å². The summed E-state index contributed by atoms with van der Waals surface area (Å²) in [7, 11) is -8.28. The van der Waals surface area contributed by atoms with Crippen molar-refractivity contribution in [2.75, 3.05) is 0 Å². The Hall–Kier alpha value is -3.65. The van der Waals surface area contributed by atoms with E-state index in [-0.39, 0.29) is 65.0 Å². The van der Waals surface area contributed by atoms with Crippen LogP contribution in [0.25, 0.3) is 0 Å². The van der Waals surface area contributed by atoms with Gasteiger partial charge in [0.1, 0.15) is 0 Å². The summed E-state index contributed by atoms with van der Waals surface area (Å²) in [5.41, 5.74) is -18.6. The summed E-state index contributed by atoms with van der Waals surface area (Å²) in [4.78, 5) is 0. The predicted octanol–water partition coefficient (Wildman–Crippen LogP) is 14.7. The first-order valence-electron chi connectivity index (χ1n) is 16.8. The zero-order valence-electron chi connectivity index (χ0n) is 31.1. The second-order valence-electron chi connectivity index (χ2n) is 13.5. The topological polar surface area (TPSA) is 0 Å². The van der Waals surface area contributed by atoms with Crippen molar-refractivity contribution in [3.8, 4) is 0 Å². The molecule has 0 bridgehead atoms. The number of halogens is 26. The summed E-state index contributed by atoms with van der Waals surface area (Å²) in [6, 6.07) is -3.56. The minimum Gasteiger partial charge on any atom is -0.166 e. The van der Waals surface area contributed by atoms with Gasteiger partial charge in [-0.2, -0.15) is 105 Å². The van der Waals surface area contributed by atoms with Crippen LogP contribution in [-0.2, 0) is 65.9 Å². The molecule has 0 fully saturated rings. The van der Waals surface area contributed by atoms with Crippen LogP contribution in [0, 0.1) is 0 Å². The maximum absolute atomic E-state index is 14.3. The maximum atomic E-state index is 14.3. The molecule has 5 rings (SSSR count). The second kappa shape index (κ2) is 18.6. The van der Waals surface area contributed by atoms with Crippen LogP contribution in [0.4, 0.5) is 105 Å². The molecule has 0 saturated carbocycles. The summed E-state index contributed by atoms with van der Waals surface area (Å²) in [5.74, 6) is 0. The Balaban J connectivity index is 0.00000980. The molecule has 0 heterocycles. The van der Waals surface area contributed by atoms with Gasteiger partial charge in [0.15, 0.2) is 0 Å². The third-order valence-electron chi connectivity index (χ3n) is 8.83. The normalized spacial score (nSPS) is 13.7. The zero-order valence-corrected chi connectivity index (χ0v) is 35.4. The van der Waals surface area contributed by atoms with Crippen molar-refractivity contribution >= 4 is 70.9 Å². The molecular formula is C38H14Cl2F24NiP2+2. The van der Waals surface area contributed by atoms with Crippen molar-refractivity contribution in [2.24, 2.45) is 0 Å². The van der Waals surface area contributed by atoms with Crippen LogP contribution < -0.4 is 31.8 Å². The van der Waals surface area contributed by atoms with E-state index in [1.807, 2.05) is 0 Å². The number of hydrogen-bond acceptors (Lipinski definition) is 0. The molecule has 0 aromatic heterocycles. The molecule has 0 radical (unpaired) electrons. The molecule has 5 aromatic carbocycles. The third kappa shape index (κ3) is 12.8. The molecule has 0 aliphatic carbocycles. The van der Waals surface area contributed by atoms with Crippen LogP contribution in [-0.4, -0.2) is 0 Å². The van der Waals surface area contributed by atoms with E-state index in [9.17, 15) is 105 Å². The van der Waals surface area contributed by atoms with Crippen molar-refractivity contribution in [1.29, 1.82) is 0 Å². The van der Waals surface area contributed by atoms with Gasteiger partial charge in [-0.05, 0) is 121 Å². The second-order valence-corrected chi connectivity index (χ2v) is 18.6.